The second kappa shape index (κ2) is 5.85. The third-order valence-corrected chi connectivity index (χ3v) is 5.34. The molecule has 0 unspecified atom stereocenters. The molecule has 0 aromatic carbocycles. The van der Waals surface area contributed by atoms with Gasteiger partial charge in [-0.1, -0.05) is 0 Å². The summed E-state index contributed by atoms with van der Waals surface area (Å²) in [6.07, 6.45) is 7.50. The molecule has 0 saturated heterocycles. The summed E-state index contributed by atoms with van der Waals surface area (Å²) in [5.74, 6) is 2.55. The smallest absolute Gasteiger partial charge is 0.407 e. The van der Waals surface area contributed by atoms with Gasteiger partial charge in [-0.3, -0.25) is 4.79 Å². The van der Waals surface area contributed by atoms with Crippen molar-refractivity contribution >= 4 is 12.0 Å². The Kier molecular flexibility index (Phi) is 4.09. The van der Waals surface area contributed by atoms with Crippen LogP contribution in [0.1, 0.15) is 51.9 Å². The number of rotatable bonds is 5. The van der Waals surface area contributed by atoms with Crippen LogP contribution in [-0.4, -0.2) is 30.7 Å². The minimum absolute atomic E-state index is 0.0637. The maximum Gasteiger partial charge on any atom is 0.407 e. The molecule has 0 spiro atoms. The summed E-state index contributed by atoms with van der Waals surface area (Å²) in [6, 6.07) is 0. The largest absolute Gasteiger partial charge is 0.450 e. The average Bonchev–Trinajstić information content (AvgIpc) is 2.36. The molecule has 2 N–H and O–H groups in total. The molecule has 0 aromatic heterocycles. The Morgan fingerprint density at radius 1 is 1.10 bits per heavy atom. The molecular formula is C16H26N2O3. The SMILES string of the molecule is CCOC(=O)NCCC(=O)NC12CC3CC(CC(C3)C1)C2. The third kappa shape index (κ3) is 3.33. The molecule has 2 amide bonds. The van der Waals surface area contributed by atoms with Crippen LogP contribution < -0.4 is 10.6 Å². The van der Waals surface area contributed by atoms with Crippen LogP contribution in [0, 0.1) is 17.8 Å². The number of hydrogen-bond donors (Lipinski definition) is 2. The molecule has 4 rings (SSSR count). The summed E-state index contributed by atoms with van der Waals surface area (Å²) in [5, 5.41) is 5.90. The standard InChI is InChI=1S/C16H26N2O3/c1-2-21-15(20)17-4-3-14(19)18-16-8-11-5-12(9-16)7-13(6-11)10-16/h11-13H,2-10H2,1H3,(H,17,20)(H,18,19). The zero-order valence-corrected chi connectivity index (χ0v) is 12.8. The van der Waals surface area contributed by atoms with Gasteiger partial charge < -0.3 is 15.4 Å². The van der Waals surface area contributed by atoms with Gasteiger partial charge in [0.1, 0.15) is 0 Å². The normalized spacial score (nSPS) is 36.3. The number of nitrogens with one attached hydrogen (secondary N) is 2. The van der Waals surface area contributed by atoms with E-state index in [0.717, 1.165) is 37.0 Å². The van der Waals surface area contributed by atoms with Crippen molar-refractivity contribution in [2.75, 3.05) is 13.2 Å². The number of hydrogen-bond acceptors (Lipinski definition) is 3. The fourth-order valence-electron chi connectivity index (χ4n) is 5.08. The van der Waals surface area contributed by atoms with Crippen molar-refractivity contribution < 1.29 is 14.3 Å². The summed E-state index contributed by atoms with van der Waals surface area (Å²) in [6.45, 7) is 2.46. The van der Waals surface area contributed by atoms with E-state index >= 15 is 0 Å². The van der Waals surface area contributed by atoms with Gasteiger partial charge in [0.25, 0.3) is 0 Å². The highest BCUT2D eigenvalue weighted by molar-refractivity contribution is 5.78. The van der Waals surface area contributed by atoms with Gasteiger partial charge in [-0.05, 0) is 63.2 Å². The van der Waals surface area contributed by atoms with Crippen LogP contribution in [0.5, 0.6) is 0 Å². The summed E-state index contributed by atoms with van der Waals surface area (Å²) >= 11 is 0. The van der Waals surface area contributed by atoms with Crippen LogP contribution in [0.2, 0.25) is 0 Å². The van der Waals surface area contributed by atoms with Gasteiger partial charge >= 0.3 is 6.09 Å². The molecule has 118 valence electrons. The fraction of sp³-hybridized carbons (Fsp3) is 0.875. The maximum atomic E-state index is 12.2. The van der Waals surface area contributed by atoms with Crippen molar-refractivity contribution in [3.05, 3.63) is 0 Å². The zero-order chi connectivity index (χ0) is 14.9. The quantitative estimate of drug-likeness (QED) is 0.817. The van der Waals surface area contributed by atoms with E-state index in [-0.39, 0.29) is 11.4 Å². The monoisotopic (exact) mass is 294 g/mol. The molecule has 5 heteroatoms. The molecular weight excluding hydrogens is 268 g/mol. The van der Waals surface area contributed by atoms with E-state index in [1.54, 1.807) is 6.92 Å². The van der Waals surface area contributed by atoms with Crippen LogP contribution >= 0.6 is 0 Å². The van der Waals surface area contributed by atoms with Gasteiger partial charge in [0.05, 0.1) is 6.61 Å². The lowest BCUT2D eigenvalue weighted by Gasteiger charge is -2.56. The second-order valence-corrected chi connectivity index (χ2v) is 7.14. The molecule has 4 saturated carbocycles. The minimum Gasteiger partial charge on any atom is -0.450 e. The summed E-state index contributed by atoms with van der Waals surface area (Å²) in [7, 11) is 0. The zero-order valence-electron chi connectivity index (χ0n) is 12.8. The van der Waals surface area contributed by atoms with Crippen molar-refractivity contribution in [3.63, 3.8) is 0 Å². The van der Waals surface area contributed by atoms with Crippen molar-refractivity contribution in [1.82, 2.24) is 10.6 Å². The van der Waals surface area contributed by atoms with Crippen LogP contribution in [0.3, 0.4) is 0 Å². The molecule has 0 aromatic rings. The lowest BCUT2D eigenvalue weighted by atomic mass is 9.53. The highest BCUT2D eigenvalue weighted by Gasteiger charge is 2.51. The molecule has 21 heavy (non-hydrogen) atoms. The predicted molar refractivity (Wildman–Crippen MR) is 78.7 cm³/mol. The van der Waals surface area contributed by atoms with E-state index in [1.807, 2.05) is 0 Å². The van der Waals surface area contributed by atoms with Crippen LogP contribution in [-0.2, 0) is 9.53 Å². The Balaban J connectivity index is 1.46. The highest BCUT2D eigenvalue weighted by atomic mass is 16.5. The van der Waals surface area contributed by atoms with E-state index in [0.29, 0.717) is 19.6 Å². The number of amides is 2. The molecule has 4 aliphatic rings. The first-order valence-electron chi connectivity index (χ1n) is 8.30. The molecule has 0 aliphatic heterocycles. The molecule has 4 aliphatic carbocycles. The number of alkyl carbamates (subject to hydrolysis) is 1. The van der Waals surface area contributed by atoms with Crippen LogP contribution in [0.25, 0.3) is 0 Å². The van der Waals surface area contributed by atoms with Gasteiger partial charge in [-0.2, -0.15) is 0 Å². The lowest BCUT2D eigenvalue weighted by molar-refractivity contribution is -0.126. The Labute approximate surface area is 126 Å². The van der Waals surface area contributed by atoms with Gasteiger partial charge in [0.15, 0.2) is 0 Å². The van der Waals surface area contributed by atoms with E-state index in [9.17, 15) is 9.59 Å². The molecule has 0 heterocycles. The minimum atomic E-state index is -0.444. The number of carbonyl (C=O) groups is 2. The third-order valence-electron chi connectivity index (χ3n) is 5.34. The van der Waals surface area contributed by atoms with Crippen molar-refractivity contribution in [3.8, 4) is 0 Å². The summed E-state index contributed by atoms with van der Waals surface area (Å²) in [4.78, 5) is 23.3. The maximum absolute atomic E-state index is 12.2. The van der Waals surface area contributed by atoms with Crippen molar-refractivity contribution in [2.45, 2.75) is 57.4 Å². The molecule has 0 radical (unpaired) electrons. The Hall–Kier alpha value is -1.26. The first kappa shape index (κ1) is 14.7. The molecule has 4 fully saturated rings. The molecule has 4 bridgehead atoms. The van der Waals surface area contributed by atoms with Crippen molar-refractivity contribution in [2.24, 2.45) is 17.8 Å². The molecule has 5 nitrogen and oxygen atoms in total. The Morgan fingerprint density at radius 2 is 1.67 bits per heavy atom. The summed E-state index contributed by atoms with van der Waals surface area (Å²) < 4.78 is 4.78. The van der Waals surface area contributed by atoms with Gasteiger partial charge in [0.2, 0.25) is 5.91 Å². The Bertz CT molecular complexity index is 386. The fourth-order valence-corrected chi connectivity index (χ4v) is 5.08. The van der Waals surface area contributed by atoms with E-state index in [1.165, 1.54) is 19.3 Å². The van der Waals surface area contributed by atoms with Crippen molar-refractivity contribution in [1.29, 1.82) is 0 Å². The topological polar surface area (TPSA) is 67.4 Å². The lowest BCUT2D eigenvalue weighted by Crippen LogP contribution is -2.60. The van der Waals surface area contributed by atoms with Gasteiger partial charge in [-0.25, -0.2) is 4.79 Å². The average molecular weight is 294 g/mol. The van der Waals surface area contributed by atoms with Crippen LogP contribution in [0.15, 0.2) is 0 Å². The van der Waals surface area contributed by atoms with Crippen LogP contribution in [0.4, 0.5) is 4.79 Å². The second-order valence-electron chi connectivity index (χ2n) is 7.14. The van der Waals surface area contributed by atoms with Gasteiger partial charge in [-0.15, -0.1) is 0 Å². The number of ether oxygens (including phenoxy) is 1. The molecule has 0 atom stereocenters. The van der Waals surface area contributed by atoms with E-state index in [4.69, 9.17) is 4.74 Å². The highest BCUT2D eigenvalue weighted by Crippen LogP contribution is 2.55. The van der Waals surface area contributed by atoms with E-state index in [2.05, 4.69) is 10.6 Å². The summed E-state index contributed by atoms with van der Waals surface area (Å²) in [5.41, 5.74) is 0.0652. The van der Waals surface area contributed by atoms with Gasteiger partial charge in [0, 0.05) is 18.5 Å². The first-order chi connectivity index (χ1) is 10.1. The number of carbonyl (C=O) groups excluding carboxylic acids is 2. The van der Waals surface area contributed by atoms with E-state index < -0.39 is 6.09 Å². The first-order valence-corrected chi connectivity index (χ1v) is 8.30. The Morgan fingerprint density at radius 3 is 2.19 bits per heavy atom. The predicted octanol–water partition coefficient (Wildman–Crippen LogP) is 2.21.